The molecule has 0 radical (unpaired) electrons. The summed E-state index contributed by atoms with van der Waals surface area (Å²) in [6.07, 6.45) is 3.12. The quantitative estimate of drug-likeness (QED) is 0.440. The lowest BCUT2D eigenvalue weighted by Crippen LogP contribution is -1.91. The van der Waals surface area contributed by atoms with Gasteiger partial charge in [-0.2, -0.15) is 0 Å². The van der Waals surface area contributed by atoms with Gasteiger partial charge in [0.2, 0.25) is 5.16 Å². The molecule has 2 aromatic heterocycles. The number of nitro benzene ring substituents is 1. The third-order valence-corrected chi connectivity index (χ3v) is 4.61. The van der Waals surface area contributed by atoms with E-state index < -0.39 is 4.92 Å². The first-order chi connectivity index (χ1) is 12.2. The molecule has 0 bridgehead atoms. The first-order valence-electron chi connectivity index (χ1n) is 7.39. The van der Waals surface area contributed by atoms with Crippen LogP contribution in [0, 0.1) is 10.1 Å². The summed E-state index contributed by atoms with van der Waals surface area (Å²) in [6.45, 7) is 0. The first kappa shape index (κ1) is 15.3. The zero-order valence-electron chi connectivity index (χ0n) is 12.8. The van der Waals surface area contributed by atoms with E-state index in [-0.39, 0.29) is 5.69 Å². The number of H-pyrrole nitrogens is 1. The molecule has 0 aliphatic carbocycles. The molecule has 4 aromatic rings. The highest BCUT2D eigenvalue weighted by Gasteiger charge is 2.16. The fourth-order valence-corrected chi connectivity index (χ4v) is 3.36. The highest BCUT2D eigenvalue weighted by atomic mass is 32.2. The van der Waals surface area contributed by atoms with E-state index in [1.54, 1.807) is 18.3 Å². The van der Waals surface area contributed by atoms with Gasteiger partial charge in [-0.05, 0) is 23.9 Å². The van der Waals surface area contributed by atoms with Gasteiger partial charge in [0.05, 0.1) is 10.3 Å². The van der Waals surface area contributed by atoms with Gasteiger partial charge in [-0.1, -0.05) is 30.3 Å². The summed E-state index contributed by atoms with van der Waals surface area (Å²) < 4.78 is 0. The Morgan fingerprint density at radius 3 is 2.68 bits per heavy atom. The maximum Gasteiger partial charge on any atom is 0.278 e. The van der Waals surface area contributed by atoms with Crippen molar-refractivity contribution in [2.24, 2.45) is 0 Å². The van der Waals surface area contributed by atoms with Crippen LogP contribution in [0.2, 0.25) is 0 Å². The summed E-state index contributed by atoms with van der Waals surface area (Å²) in [5.74, 6) is 0.677. The molecule has 1 N–H and O–H groups in total. The largest absolute Gasteiger partial charge is 0.278 e. The smallest absolute Gasteiger partial charge is 0.264 e. The Labute approximate surface area is 146 Å². The maximum absolute atomic E-state index is 11.2. The van der Waals surface area contributed by atoms with E-state index in [1.165, 1.54) is 24.0 Å². The molecule has 2 aromatic carbocycles. The molecule has 0 aliphatic rings. The molecular weight excluding hydrogens is 338 g/mol. The predicted molar refractivity (Wildman–Crippen MR) is 94.3 cm³/mol. The van der Waals surface area contributed by atoms with Crippen LogP contribution in [0.15, 0.2) is 71.0 Å². The maximum atomic E-state index is 11.2. The van der Waals surface area contributed by atoms with Crippen molar-refractivity contribution in [1.82, 2.24) is 20.2 Å². The summed E-state index contributed by atoms with van der Waals surface area (Å²) in [5.41, 5.74) is 0.979. The minimum absolute atomic E-state index is 0.0346. The van der Waals surface area contributed by atoms with E-state index in [1.807, 2.05) is 30.3 Å². The Bertz CT molecular complexity index is 1070. The lowest BCUT2D eigenvalue weighted by molar-refractivity contribution is -0.383. The minimum atomic E-state index is -0.404. The highest BCUT2D eigenvalue weighted by Crippen LogP contribution is 2.36. The summed E-state index contributed by atoms with van der Waals surface area (Å²) in [5, 5.41) is 20.1. The van der Waals surface area contributed by atoms with Gasteiger partial charge < -0.3 is 0 Å². The number of non-ortho nitro benzene ring substituents is 1. The van der Waals surface area contributed by atoms with Crippen LogP contribution in [-0.2, 0) is 0 Å². The normalized spacial score (nSPS) is 10.9. The monoisotopic (exact) mass is 349 g/mol. The molecule has 2 heterocycles. The number of nitro groups is 1. The SMILES string of the molecule is O=[N+]([O-])c1ccc(Sc2n[nH]c(-c3ccccc3)n2)c2ccncc12. The van der Waals surface area contributed by atoms with E-state index in [2.05, 4.69) is 20.2 Å². The molecule has 0 amide bonds. The van der Waals surface area contributed by atoms with Gasteiger partial charge >= 0.3 is 0 Å². The van der Waals surface area contributed by atoms with Crippen molar-refractivity contribution in [3.05, 3.63) is 71.0 Å². The fourth-order valence-electron chi connectivity index (χ4n) is 2.51. The van der Waals surface area contributed by atoms with Crippen LogP contribution in [-0.4, -0.2) is 25.1 Å². The Morgan fingerprint density at radius 1 is 1.04 bits per heavy atom. The molecule has 7 nitrogen and oxygen atoms in total. The second kappa shape index (κ2) is 6.33. The molecule has 0 aliphatic heterocycles. The molecule has 4 rings (SSSR count). The van der Waals surface area contributed by atoms with Gasteiger partial charge in [0, 0.05) is 34.3 Å². The van der Waals surface area contributed by atoms with Crippen molar-refractivity contribution in [2.45, 2.75) is 10.1 Å². The average molecular weight is 349 g/mol. The highest BCUT2D eigenvalue weighted by molar-refractivity contribution is 7.99. The van der Waals surface area contributed by atoms with Crippen molar-refractivity contribution >= 4 is 28.2 Å². The molecule has 0 saturated heterocycles. The van der Waals surface area contributed by atoms with E-state index in [0.717, 1.165) is 15.8 Å². The Kier molecular flexibility index (Phi) is 3.87. The molecule has 0 saturated carbocycles. The summed E-state index contributed by atoms with van der Waals surface area (Å²) in [7, 11) is 0. The van der Waals surface area contributed by atoms with E-state index in [0.29, 0.717) is 16.4 Å². The number of pyridine rings is 1. The standard InChI is InChI=1S/C17H11N5O2S/c23-22(24)14-6-7-15(12-8-9-18-10-13(12)14)25-17-19-16(20-21-17)11-4-2-1-3-5-11/h1-10H,(H,19,20,21). The third kappa shape index (κ3) is 2.94. The van der Waals surface area contributed by atoms with Gasteiger partial charge in [-0.25, -0.2) is 4.98 Å². The topological polar surface area (TPSA) is 97.6 Å². The van der Waals surface area contributed by atoms with Crippen LogP contribution in [0.4, 0.5) is 5.69 Å². The van der Waals surface area contributed by atoms with Crippen LogP contribution in [0.3, 0.4) is 0 Å². The van der Waals surface area contributed by atoms with Crippen molar-refractivity contribution < 1.29 is 4.92 Å². The van der Waals surface area contributed by atoms with Crippen LogP contribution >= 0.6 is 11.8 Å². The Morgan fingerprint density at radius 2 is 1.88 bits per heavy atom. The van der Waals surface area contributed by atoms with Gasteiger partial charge in [0.1, 0.15) is 0 Å². The number of nitrogens with zero attached hydrogens (tertiary/aromatic N) is 4. The predicted octanol–water partition coefficient (Wildman–Crippen LogP) is 4.08. The Balaban J connectivity index is 1.71. The number of nitrogens with one attached hydrogen (secondary N) is 1. The second-order valence-corrected chi connectivity index (χ2v) is 6.20. The molecule has 0 unspecified atom stereocenters. The summed E-state index contributed by atoms with van der Waals surface area (Å²) in [4.78, 5) is 20.1. The van der Waals surface area contributed by atoms with Crippen molar-refractivity contribution in [3.63, 3.8) is 0 Å². The van der Waals surface area contributed by atoms with Crippen LogP contribution in [0.1, 0.15) is 0 Å². The molecule has 122 valence electrons. The van der Waals surface area contributed by atoms with Crippen LogP contribution < -0.4 is 0 Å². The molecule has 0 atom stereocenters. The number of hydrogen-bond acceptors (Lipinski definition) is 6. The number of fused-ring (bicyclic) bond motifs is 1. The van der Waals surface area contributed by atoms with Crippen LogP contribution in [0.5, 0.6) is 0 Å². The average Bonchev–Trinajstić information content (AvgIpc) is 3.11. The third-order valence-electron chi connectivity index (χ3n) is 3.67. The summed E-state index contributed by atoms with van der Waals surface area (Å²) in [6, 6.07) is 14.6. The molecule has 0 spiro atoms. The number of benzene rings is 2. The molecule has 0 fully saturated rings. The van der Waals surface area contributed by atoms with Crippen molar-refractivity contribution in [2.75, 3.05) is 0 Å². The first-order valence-corrected chi connectivity index (χ1v) is 8.21. The van der Waals surface area contributed by atoms with Gasteiger partial charge in [-0.3, -0.25) is 20.2 Å². The second-order valence-electron chi connectivity index (χ2n) is 5.20. The summed E-state index contributed by atoms with van der Waals surface area (Å²) >= 11 is 1.35. The van der Waals surface area contributed by atoms with Gasteiger partial charge in [-0.15, -0.1) is 5.10 Å². The lowest BCUT2D eigenvalue weighted by Gasteiger charge is -2.04. The van der Waals surface area contributed by atoms with Crippen molar-refractivity contribution in [1.29, 1.82) is 0 Å². The number of aromatic amines is 1. The van der Waals surface area contributed by atoms with E-state index >= 15 is 0 Å². The number of rotatable bonds is 4. The zero-order chi connectivity index (χ0) is 17.2. The van der Waals surface area contributed by atoms with Gasteiger partial charge in [0.25, 0.3) is 5.69 Å². The molecule has 25 heavy (non-hydrogen) atoms. The fraction of sp³-hybridized carbons (Fsp3) is 0. The van der Waals surface area contributed by atoms with Gasteiger partial charge in [0.15, 0.2) is 5.82 Å². The number of aromatic nitrogens is 4. The van der Waals surface area contributed by atoms with Crippen molar-refractivity contribution in [3.8, 4) is 11.4 Å². The Hall–Kier alpha value is -3.26. The van der Waals surface area contributed by atoms with E-state index in [4.69, 9.17) is 0 Å². The minimum Gasteiger partial charge on any atom is -0.264 e. The molecule has 8 heteroatoms. The number of hydrogen-bond donors (Lipinski definition) is 1. The molecular formula is C17H11N5O2S. The van der Waals surface area contributed by atoms with Crippen LogP contribution in [0.25, 0.3) is 22.2 Å². The zero-order valence-corrected chi connectivity index (χ0v) is 13.6. The lowest BCUT2D eigenvalue weighted by atomic mass is 10.1. The van der Waals surface area contributed by atoms with E-state index in [9.17, 15) is 10.1 Å².